The van der Waals surface area contributed by atoms with Crippen molar-refractivity contribution in [1.29, 1.82) is 5.41 Å². The first-order valence-electron chi connectivity index (χ1n) is 12.5. The number of nitrogens with one attached hydrogen (secondary N) is 3. The zero-order chi connectivity index (χ0) is 29.0. The van der Waals surface area contributed by atoms with Crippen LogP contribution in [-0.4, -0.2) is 45.0 Å². The highest BCUT2D eigenvalue weighted by molar-refractivity contribution is 6.12. The molecule has 41 heavy (non-hydrogen) atoms. The Balaban J connectivity index is 1.64. The van der Waals surface area contributed by atoms with Crippen LogP contribution in [0.1, 0.15) is 11.3 Å². The molecule has 0 bridgehead atoms. The molecule has 0 radical (unpaired) electrons. The third kappa shape index (κ3) is 6.32. The molecule has 0 spiro atoms. The summed E-state index contributed by atoms with van der Waals surface area (Å²) in [4.78, 5) is 26.7. The highest BCUT2D eigenvalue weighted by atomic mass is 19.4. The molecule has 2 aromatic carbocycles. The number of hydrogen-bond acceptors (Lipinski definition) is 8. The number of allylic oxidation sites excluding steroid dienone is 5. The van der Waals surface area contributed by atoms with Crippen molar-refractivity contribution < 1.29 is 17.9 Å². The van der Waals surface area contributed by atoms with Gasteiger partial charge in [0, 0.05) is 30.5 Å². The number of alkyl halides is 3. The minimum Gasteiger partial charge on any atom is -0.489 e. The molecule has 2 aromatic heterocycles. The van der Waals surface area contributed by atoms with Gasteiger partial charge >= 0.3 is 6.18 Å². The molecule has 4 aromatic rings. The minimum atomic E-state index is -4.49. The van der Waals surface area contributed by atoms with Gasteiger partial charge in [-0.2, -0.15) is 18.2 Å². The smallest absolute Gasteiger partial charge is 0.405 e. The second-order valence-corrected chi connectivity index (χ2v) is 8.98. The van der Waals surface area contributed by atoms with Crippen LogP contribution < -0.4 is 20.9 Å². The summed E-state index contributed by atoms with van der Waals surface area (Å²) in [5.41, 5.74) is 2.23. The summed E-state index contributed by atoms with van der Waals surface area (Å²) in [5.74, 6) is 0.164. The van der Waals surface area contributed by atoms with Gasteiger partial charge in [-0.1, -0.05) is 42.5 Å². The first-order valence-corrected chi connectivity index (χ1v) is 12.5. The standard InChI is InChI=1S/C29H24F3N7O2/c1-34-14-20-12-19(10-11-23(20)33)25-27(40)39(26-24(37-25)15-35-28(38-26)36-17-29(30,31)32)21-8-5-9-22(13-21)41-16-18-6-3-2-4-7-18/h2-15,33-34H,16-17H2,1H3,(H,35,36,38)/b20-14-,33-23?. The largest absolute Gasteiger partial charge is 0.489 e. The van der Waals surface area contributed by atoms with Crippen LogP contribution in [0, 0.1) is 5.41 Å². The molecular weight excluding hydrogens is 535 g/mol. The van der Waals surface area contributed by atoms with Gasteiger partial charge in [-0.15, -0.1) is 0 Å². The van der Waals surface area contributed by atoms with E-state index in [9.17, 15) is 18.0 Å². The van der Waals surface area contributed by atoms with Crippen LogP contribution in [0.15, 0.2) is 95.6 Å². The predicted octanol–water partition coefficient (Wildman–Crippen LogP) is 4.81. The van der Waals surface area contributed by atoms with E-state index in [0.717, 1.165) is 5.56 Å². The van der Waals surface area contributed by atoms with Crippen molar-refractivity contribution >= 4 is 28.4 Å². The number of ether oxygens (including phenoxy) is 1. The van der Waals surface area contributed by atoms with Crippen molar-refractivity contribution in [3.63, 3.8) is 0 Å². The van der Waals surface area contributed by atoms with Crippen molar-refractivity contribution in [3.05, 3.63) is 112 Å². The van der Waals surface area contributed by atoms with Gasteiger partial charge in [0.2, 0.25) is 5.95 Å². The molecule has 2 heterocycles. The van der Waals surface area contributed by atoms with Gasteiger partial charge in [0.05, 0.1) is 17.6 Å². The van der Waals surface area contributed by atoms with E-state index in [2.05, 4.69) is 25.6 Å². The highest BCUT2D eigenvalue weighted by Crippen LogP contribution is 2.25. The van der Waals surface area contributed by atoms with Crippen LogP contribution in [0.3, 0.4) is 0 Å². The predicted molar refractivity (Wildman–Crippen MR) is 150 cm³/mol. The average Bonchev–Trinajstić information content (AvgIpc) is 2.96. The van der Waals surface area contributed by atoms with Crippen LogP contribution in [-0.2, 0) is 6.61 Å². The Labute approximate surface area is 232 Å². The lowest BCUT2D eigenvalue weighted by atomic mass is 9.99. The number of halogens is 3. The van der Waals surface area contributed by atoms with Crippen LogP contribution in [0.2, 0.25) is 0 Å². The van der Waals surface area contributed by atoms with E-state index in [4.69, 9.17) is 10.1 Å². The van der Waals surface area contributed by atoms with Crippen LogP contribution >= 0.6 is 0 Å². The molecule has 208 valence electrons. The van der Waals surface area contributed by atoms with Gasteiger partial charge < -0.3 is 20.8 Å². The first-order chi connectivity index (χ1) is 19.7. The van der Waals surface area contributed by atoms with Gasteiger partial charge in [-0.25, -0.2) is 9.97 Å². The second-order valence-electron chi connectivity index (χ2n) is 8.98. The molecule has 3 N–H and O–H groups in total. The minimum absolute atomic E-state index is 0.0118. The average molecular weight is 560 g/mol. The van der Waals surface area contributed by atoms with E-state index < -0.39 is 18.3 Å². The molecule has 1 aliphatic rings. The molecule has 0 aliphatic heterocycles. The quantitative estimate of drug-likeness (QED) is 0.284. The Morgan fingerprint density at radius 3 is 2.63 bits per heavy atom. The van der Waals surface area contributed by atoms with Crippen molar-refractivity contribution in [3.8, 4) is 11.4 Å². The maximum absolute atomic E-state index is 14.0. The molecule has 9 nitrogen and oxygen atoms in total. The Morgan fingerprint density at radius 1 is 1.07 bits per heavy atom. The van der Waals surface area contributed by atoms with Gasteiger partial charge in [0.1, 0.15) is 30.1 Å². The molecule has 12 heteroatoms. The molecular formula is C29H24F3N7O2. The molecule has 0 atom stereocenters. The topological polar surface area (TPSA) is 118 Å². The zero-order valence-corrected chi connectivity index (χ0v) is 21.7. The van der Waals surface area contributed by atoms with E-state index in [1.807, 2.05) is 30.3 Å². The molecule has 0 unspecified atom stereocenters. The van der Waals surface area contributed by atoms with Crippen molar-refractivity contribution in [1.82, 2.24) is 24.8 Å². The van der Waals surface area contributed by atoms with Crippen molar-refractivity contribution in [2.24, 2.45) is 0 Å². The Morgan fingerprint density at radius 2 is 1.88 bits per heavy atom. The van der Waals surface area contributed by atoms with E-state index in [0.29, 0.717) is 29.2 Å². The fraction of sp³-hybridized carbons (Fsp3) is 0.138. The molecule has 1 aliphatic carbocycles. The number of fused-ring (bicyclic) bond motifs is 1. The van der Waals surface area contributed by atoms with Crippen LogP contribution in [0.5, 0.6) is 5.75 Å². The normalized spacial score (nSPS) is 14.3. The van der Waals surface area contributed by atoms with Gasteiger partial charge in [0.25, 0.3) is 5.56 Å². The molecule has 0 amide bonds. The van der Waals surface area contributed by atoms with Crippen LogP contribution in [0.25, 0.3) is 22.4 Å². The van der Waals surface area contributed by atoms with Crippen molar-refractivity contribution in [2.75, 3.05) is 18.9 Å². The lowest BCUT2D eigenvalue weighted by Crippen LogP contribution is -2.26. The summed E-state index contributed by atoms with van der Waals surface area (Å²) in [5, 5.41) is 13.2. The number of benzene rings is 2. The Bertz CT molecular complexity index is 1760. The highest BCUT2D eigenvalue weighted by Gasteiger charge is 2.27. The Kier molecular flexibility index (Phi) is 7.64. The number of aromatic nitrogens is 4. The third-order valence-electron chi connectivity index (χ3n) is 6.00. The van der Waals surface area contributed by atoms with E-state index in [1.165, 1.54) is 10.8 Å². The Hall–Kier alpha value is -5.26. The van der Waals surface area contributed by atoms with Gasteiger partial charge in [-0.3, -0.25) is 9.36 Å². The van der Waals surface area contributed by atoms with E-state index in [-0.39, 0.29) is 28.5 Å². The fourth-order valence-electron chi connectivity index (χ4n) is 4.11. The third-order valence-corrected chi connectivity index (χ3v) is 6.00. The first kappa shape index (κ1) is 27.3. The lowest BCUT2D eigenvalue weighted by molar-refractivity contribution is -0.115. The molecule has 0 fully saturated rings. The summed E-state index contributed by atoms with van der Waals surface area (Å²) < 4.78 is 45.7. The maximum Gasteiger partial charge on any atom is 0.405 e. The lowest BCUT2D eigenvalue weighted by Gasteiger charge is -2.16. The van der Waals surface area contributed by atoms with Crippen LogP contribution in [0.4, 0.5) is 19.1 Å². The van der Waals surface area contributed by atoms with Gasteiger partial charge in [0.15, 0.2) is 5.65 Å². The second kappa shape index (κ2) is 11.5. The van der Waals surface area contributed by atoms with Gasteiger partial charge in [-0.05, 0) is 29.8 Å². The van der Waals surface area contributed by atoms with E-state index in [1.54, 1.807) is 55.7 Å². The monoisotopic (exact) mass is 559 g/mol. The SMILES string of the molecule is CN/C=C1/C=C(c2nc3cnc(NCC(F)(F)F)nc3n(-c3cccc(OCc4ccccc4)c3)c2=O)C=CC1=N. The number of hydrogen-bond donors (Lipinski definition) is 3. The molecule has 0 saturated heterocycles. The number of nitrogens with zero attached hydrogens (tertiary/aromatic N) is 4. The van der Waals surface area contributed by atoms with Crippen molar-refractivity contribution in [2.45, 2.75) is 12.8 Å². The number of rotatable bonds is 8. The number of anilines is 1. The fourth-order valence-corrected chi connectivity index (χ4v) is 4.11. The summed E-state index contributed by atoms with van der Waals surface area (Å²) in [6.45, 7) is -1.05. The molecule has 5 rings (SSSR count). The maximum atomic E-state index is 14.0. The molecule has 0 saturated carbocycles. The summed E-state index contributed by atoms with van der Waals surface area (Å²) in [6.07, 6.45) is 3.20. The summed E-state index contributed by atoms with van der Waals surface area (Å²) >= 11 is 0. The zero-order valence-electron chi connectivity index (χ0n) is 21.7. The summed E-state index contributed by atoms with van der Waals surface area (Å²) in [6, 6.07) is 16.3. The summed E-state index contributed by atoms with van der Waals surface area (Å²) in [7, 11) is 1.70. The van der Waals surface area contributed by atoms with E-state index >= 15 is 0 Å².